The number of halogens is 1. The van der Waals surface area contributed by atoms with Crippen molar-refractivity contribution in [3.63, 3.8) is 0 Å². The fourth-order valence-electron chi connectivity index (χ4n) is 2.85. The highest BCUT2D eigenvalue weighted by Crippen LogP contribution is 2.34. The highest BCUT2D eigenvalue weighted by molar-refractivity contribution is 5.61. The van der Waals surface area contributed by atoms with Crippen LogP contribution in [0, 0.1) is 0 Å². The van der Waals surface area contributed by atoms with Gasteiger partial charge in [0.25, 0.3) is 0 Å². The van der Waals surface area contributed by atoms with E-state index in [1.54, 1.807) is 12.3 Å². The van der Waals surface area contributed by atoms with Gasteiger partial charge in [0, 0.05) is 12.6 Å². The van der Waals surface area contributed by atoms with Crippen LogP contribution in [0.25, 0.3) is 5.57 Å². The maximum absolute atomic E-state index is 14.8. The average molecular weight is 338 g/mol. The van der Waals surface area contributed by atoms with Gasteiger partial charge >= 0.3 is 0 Å². The molecule has 1 saturated heterocycles. The Morgan fingerprint density at radius 3 is 3.04 bits per heavy atom. The molecule has 0 unspecified atom stereocenters. The molecule has 1 aliphatic carbocycles. The zero-order chi connectivity index (χ0) is 16.8. The summed E-state index contributed by atoms with van der Waals surface area (Å²) in [6, 6.07) is 1.66. The molecule has 6 nitrogen and oxygen atoms in total. The fourth-order valence-corrected chi connectivity index (χ4v) is 2.85. The van der Waals surface area contributed by atoms with Crippen LogP contribution in [0.2, 0.25) is 0 Å². The summed E-state index contributed by atoms with van der Waals surface area (Å²) in [6.07, 6.45) is 4.54. The van der Waals surface area contributed by atoms with Crippen molar-refractivity contribution in [3.05, 3.63) is 29.9 Å². The third kappa shape index (κ3) is 4.57. The minimum absolute atomic E-state index is 0.0498. The lowest BCUT2D eigenvalue weighted by Gasteiger charge is -2.29. The van der Waals surface area contributed by atoms with Crippen molar-refractivity contribution in [1.29, 1.82) is 0 Å². The zero-order valence-electron chi connectivity index (χ0n) is 13.6. The molecule has 1 aromatic heterocycles. The van der Waals surface area contributed by atoms with Crippen molar-refractivity contribution in [3.8, 4) is 0 Å². The monoisotopic (exact) mass is 338 g/mol. The van der Waals surface area contributed by atoms with E-state index in [0.29, 0.717) is 50.8 Å². The van der Waals surface area contributed by atoms with E-state index in [-0.39, 0.29) is 25.7 Å². The van der Waals surface area contributed by atoms with Crippen molar-refractivity contribution >= 4 is 5.57 Å². The van der Waals surface area contributed by atoms with Crippen molar-refractivity contribution in [2.45, 2.75) is 37.6 Å². The molecule has 0 radical (unpaired) electrons. The van der Waals surface area contributed by atoms with Crippen molar-refractivity contribution in [2.75, 3.05) is 33.0 Å². The molecule has 1 aromatic rings. The molecule has 1 aliphatic heterocycles. The largest absolute Gasteiger partial charge is 0.390 e. The molecule has 2 aliphatic rings. The predicted molar refractivity (Wildman–Crippen MR) is 85.0 cm³/mol. The van der Waals surface area contributed by atoms with E-state index in [1.165, 1.54) is 0 Å². The van der Waals surface area contributed by atoms with Gasteiger partial charge in [-0.05, 0) is 24.5 Å². The highest BCUT2D eigenvalue weighted by Gasteiger charge is 2.33. The Morgan fingerprint density at radius 2 is 2.33 bits per heavy atom. The number of hydrogen-bond donors (Lipinski definition) is 1. The fraction of sp³-hybridized carbons (Fsp3) is 0.647. The average Bonchev–Trinajstić information content (AvgIpc) is 2.63. The summed E-state index contributed by atoms with van der Waals surface area (Å²) in [4.78, 5) is 8.48. The molecular formula is C17H23FN2O4. The van der Waals surface area contributed by atoms with Gasteiger partial charge < -0.3 is 19.3 Å². The van der Waals surface area contributed by atoms with Crippen LogP contribution in [-0.4, -0.2) is 59.9 Å². The molecule has 0 bridgehead atoms. The summed E-state index contributed by atoms with van der Waals surface area (Å²) in [7, 11) is 0. The third-order valence-corrected chi connectivity index (χ3v) is 4.27. The van der Waals surface area contributed by atoms with Crippen molar-refractivity contribution < 1.29 is 23.7 Å². The van der Waals surface area contributed by atoms with Gasteiger partial charge in [0.1, 0.15) is 11.8 Å². The highest BCUT2D eigenvalue weighted by atomic mass is 19.1. The molecule has 0 saturated carbocycles. The minimum Gasteiger partial charge on any atom is -0.390 e. The first-order chi connectivity index (χ1) is 11.7. The van der Waals surface area contributed by atoms with Gasteiger partial charge in [0.2, 0.25) is 0 Å². The van der Waals surface area contributed by atoms with Gasteiger partial charge in [-0.3, -0.25) is 0 Å². The van der Waals surface area contributed by atoms with Gasteiger partial charge in [-0.25, -0.2) is 14.4 Å². The number of aromatic nitrogens is 2. The molecule has 0 spiro atoms. The van der Waals surface area contributed by atoms with Gasteiger partial charge in [0.15, 0.2) is 5.82 Å². The SMILES string of the molecule is OCc1ccnc(C2=CC[C@](F)(COC[C@H]3COCCO3)CC2)n1. The molecular weight excluding hydrogens is 315 g/mol. The Kier molecular flexibility index (Phi) is 5.89. The van der Waals surface area contributed by atoms with Crippen LogP contribution in [0.4, 0.5) is 4.39 Å². The number of nitrogens with zero attached hydrogens (tertiary/aromatic N) is 2. The van der Waals surface area contributed by atoms with Crippen LogP contribution < -0.4 is 0 Å². The van der Waals surface area contributed by atoms with Crippen LogP contribution in [0.3, 0.4) is 0 Å². The summed E-state index contributed by atoms with van der Waals surface area (Å²) >= 11 is 0. The smallest absolute Gasteiger partial charge is 0.155 e. The predicted octanol–water partition coefficient (Wildman–Crippen LogP) is 1.68. The van der Waals surface area contributed by atoms with E-state index >= 15 is 0 Å². The van der Waals surface area contributed by atoms with E-state index in [4.69, 9.17) is 19.3 Å². The lowest BCUT2D eigenvalue weighted by atomic mass is 9.87. The Labute approximate surface area is 140 Å². The number of alkyl halides is 1. The number of aliphatic hydroxyl groups is 1. The van der Waals surface area contributed by atoms with Crippen molar-refractivity contribution in [1.82, 2.24) is 9.97 Å². The molecule has 24 heavy (non-hydrogen) atoms. The van der Waals surface area contributed by atoms with Crippen molar-refractivity contribution in [2.24, 2.45) is 0 Å². The molecule has 7 heteroatoms. The van der Waals surface area contributed by atoms with Crippen LogP contribution in [-0.2, 0) is 20.8 Å². The first kappa shape index (κ1) is 17.4. The number of aliphatic hydroxyl groups excluding tert-OH is 1. The maximum Gasteiger partial charge on any atom is 0.155 e. The Morgan fingerprint density at radius 1 is 1.42 bits per heavy atom. The third-order valence-electron chi connectivity index (χ3n) is 4.27. The molecule has 2 atom stereocenters. The molecule has 1 fully saturated rings. The quantitative estimate of drug-likeness (QED) is 0.851. The van der Waals surface area contributed by atoms with E-state index in [1.807, 2.05) is 6.08 Å². The molecule has 1 N–H and O–H groups in total. The van der Waals surface area contributed by atoms with Gasteiger partial charge in [-0.15, -0.1) is 0 Å². The first-order valence-corrected chi connectivity index (χ1v) is 8.27. The molecule has 132 valence electrons. The van der Waals surface area contributed by atoms with E-state index < -0.39 is 5.67 Å². The van der Waals surface area contributed by atoms with E-state index in [2.05, 4.69) is 9.97 Å². The summed E-state index contributed by atoms with van der Waals surface area (Å²) in [5, 5.41) is 9.14. The molecule has 0 amide bonds. The van der Waals surface area contributed by atoms with Gasteiger partial charge in [-0.1, -0.05) is 6.08 Å². The first-order valence-electron chi connectivity index (χ1n) is 8.27. The lowest BCUT2D eigenvalue weighted by Crippen LogP contribution is -2.36. The maximum atomic E-state index is 14.8. The molecule has 0 aromatic carbocycles. The second-order valence-electron chi connectivity index (χ2n) is 6.20. The van der Waals surface area contributed by atoms with Gasteiger partial charge in [0.05, 0.1) is 45.3 Å². The normalized spacial score (nSPS) is 27.8. The van der Waals surface area contributed by atoms with E-state index in [0.717, 1.165) is 5.57 Å². The second-order valence-corrected chi connectivity index (χ2v) is 6.20. The van der Waals surface area contributed by atoms with Crippen LogP contribution in [0.15, 0.2) is 18.3 Å². The summed E-state index contributed by atoms with van der Waals surface area (Å²) in [5.74, 6) is 0.567. The Balaban J connectivity index is 1.51. The van der Waals surface area contributed by atoms with Crippen LogP contribution in [0.5, 0.6) is 0 Å². The number of hydrogen-bond acceptors (Lipinski definition) is 6. The Bertz CT molecular complexity index is 577. The standard InChI is InChI=1S/C17H23FN2O4/c18-17(12-23-11-15-10-22-7-8-24-15)4-1-13(2-5-17)16-19-6-3-14(9-21)20-16/h1,3,6,15,21H,2,4-5,7-12H2/t15-,17-/m1/s1. The zero-order valence-corrected chi connectivity index (χ0v) is 13.6. The summed E-state index contributed by atoms with van der Waals surface area (Å²) in [6.45, 7) is 1.95. The van der Waals surface area contributed by atoms with Crippen LogP contribution >= 0.6 is 0 Å². The topological polar surface area (TPSA) is 73.7 Å². The van der Waals surface area contributed by atoms with Gasteiger partial charge in [-0.2, -0.15) is 0 Å². The second kappa shape index (κ2) is 8.11. The number of ether oxygens (including phenoxy) is 3. The molecule has 3 rings (SSSR count). The Hall–Kier alpha value is -1.41. The minimum atomic E-state index is -1.37. The molecule has 2 heterocycles. The van der Waals surface area contributed by atoms with Crippen LogP contribution in [0.1, 0.15) is 30.8 Å². The number of allylic oxidation sites excluding steroid dienone is 2. The van der Waals surface area contributed by atoms with E-state index in [9.17, 15) is 4.39 Å². The summed E-state index contributed by atoms with van der Waals surface area (Å²) < 4.78 is 31.1. The lowest BCUT2D eigenvalue weighted by molar-refractivity contribution is -0.123. The number of rotatable bonds is 6. The summed E-state index contributed by atoms with van der Waals surface area (Å²) in [5.41, 5.74) is 0.117.